The van der Waals surface area contributed by atoms with Crippen molar-refractivity contribution in [1.29, 1.82) is 0 Å². The van der Waals surface area contributed by atoms with Crippen LogP contribution in [-0.4, -0.2) is 36.2 Å². The second-order valence-electron chi connectivity index (χ2n) is 6.51. The molecule has 2 aromatic carbocycles. The molecule has 0 radical (unpaired) electrons. The van der Waals surface area contributed by atoms with Gasteiger partial charge in [0, 0.05) is 23.7 Å². The van der Waals surface area contributed by atoms with E-state index in [1.165, 1.54) is 25.3 Å². The molecule has 9 nitrogen and oxygen atoms in total. The zero-order chi connectivity index (χ0) is 21.7. The number of carbonyl (C=O) groups excluding carboxylic acids is 1. The number of ether oxygens (including phenoxy) is 4. The Hall–Kier alpha value is -3.88. The highest BCUT2D eigenvalue weighted by Crippen LogP contribution is 2.36. The van der Waals surface area contributed by atoms with Crippen molar-refractivity contribution in [1.82, 2.24) is 0 Å². The van der Waals surface area contributed by atoms with Gasteiger partial charge in [0.05, 0.1) is 7.11 Å². The lowest BCUT2D eigenvalue weighted by Gasteiger charge is -2.23. The number of hydrogen-bond donors (Lipinski definition) is 3. The van der Waals surface area contributed by atoms with Gasteiger partial charge in [-0.05, 0) is 29.8 Å². The number of aromatic hydroxyl groups is 1. The number of anilines is 1. The van der Waals surface area contributed by atoms with Crippen LogP contribution < -0.4 is 19.5 Å². The molecule has 1 amide bonds. The topological polar surface area (TPSA) is 124 Å². The van der Waals surface area contributed by atoms with Crippen LogP contribution in [0.3, 0.4) is 0 Å². The average Bonchev–Trinajstić information content (AvgIpc) is 3.18. The smallest absolute Gasteiger partial charge is 0.412 e. The van der Waals surface area contributed by atoms with Crippen LogP contribution in [0, 0.1) is 5.92 Å². The molecule has 3 N–H and O–H groups in total. The first-order valence-corrected chi connectivity index (χ1v) is 9.02. The first-order chi connectivity index (χ1) is 14.4. The zero-order valence-electron chi connectivity index (χ0n) is 16.3. The number of hydrogen-bond acceptors (Lipinski definition) is 7. The van der Waals surface area contributed by atoms with E-state index in [1.807, 2.05) is 0 Å². The van der Waals surface area contributed by atoms with Crippen molar-refractivity contribution in [3.63, 3.8) is 0 Å². The third-order valence-electron chi connectivity index (χ3n) is 4.40. The summed E-state index contributed by atoms with van der Waals surface area (Å²) in [6.07, 6.45) is 0.749. The van der Waals surface area contributed by atoms with E-state index in [1.54, 1.807) is 31.2 Å². The molecular formula is C21H21NO8. The van der Waals surface area contributed by atoms with Gasteiger partial charge >= 0.3 is 12.1 Å². The van der Waals surface area contributed by atoms with Crippen LogP contribution in [0.2, 0.25) is 0 Å². The van der Waals surface area contributed by atoms with Crippen molar-refractivity contribution < 1.29 is 38.7 Å². The average molecular weight is 415 g/mol. The highest BCUT2D eigenvalue weighted by atomic mass is 16.7. The van der Waals surface area contributed by atoms with Crippen molar-refractivity contribution in [2.75, 3.05) is 19.2 Å². The molecule has 0 saturated carbocycles. The third kappa shape index (κ3) is 4.93. The fraction of sp³-hybridized carbons (Fsp3) is 0.238. The van der Waals surface area contributed by atoms with Crippen molar-refractivity contribution in [3.05, 3.63) is 54.1 Å². The summed E-state index contributed by atoms with van der Waals surface area (Å²) in [5.41, 5.74) is 0.908. The molecular weight excluding hydrogens is 394 g/mol. The summed E-state index contributed by atoms with van der Waals surface area (Å²) in [6.45, 7) is 1.80. The van der Waals surface area contributed by atoms with Gasteiger partial charge in [-0.15, -0.1) is 0 Å². The van der Waals surface area contributed by atoms with Gasteiger partial charge in [0.2, 0.25) is 6.79 Å². The number of aliphatic carboxylic acids is 1. The lowest BCUT2D eigenvalue weighted by molar-refractivity contribution is -0.131. The molecule has 0 fully saturated rings. The number of methoxy groups -OCH3 is 1. The summed E-state index contributed by atoms with van der Waals surface area (Å²) < 4.78 is 21.1. The van der Waals surface area contributed by atoms with Crippen molar-refractivity contribution in [2.24, 2.45) is 5.92 Å². The summed E-state index contributed by atoms with van der Waals surface area (Å²) in [6, 6.07) is 9.46. The fourth-order valence-electron chi connectivity index (χ4n) is 2.93. The molecule has 3 rings (SSSR count). The van der Waals surface area contributed by atoms with Gasteiger partial charge in [0.15, 0.2) is 23.0 Å². The number of amides is 1. The van der Waals surface area contributed by atoms with Gasteiger partial charge in [-0.3, -0.25) is 5.32 Å². The van der Waals surface area contributed by atoms with E-state index in [2.05, 4.69) is 5.32 Å². The Bertz CT molecular complexity index is 971. The van der Waals surface area contributed by atoms with Crippen LogP contribution in [-0.2, 0) is 9.53 Å². The number of carbonyl (C=O) groups is 2. The molecule has 2 atom stereocenters. The van der Waals surface area contributed by atoms with Gasteiger partial charge in [-0.25, -0.2) is 9.59 Å². The third-order valence-corrected chi connectivity index (χ3v) is 4.40. The number of carboxylic acids is 1. The molecule has 9 heteroatoms. The SMILES string of the molecule is COc1ccc([C@@H](OC(=O)Nc2ccc3c(c2)OCO3)[C@H](C)/C=C/C(=O)O)cc1O. The van der Waals surface area contributed by atoms with Crippen LogP contribution in [0.5, 0.6) is 23.0 Å². The normalized spacial score (nSPS) is 14.2. The summed E-state index contributed by atoms with van der Waals surface area (Å²) in [5.74, 6) is -0.417. The molecule has 30 heavy (non-hydrogen) atoms. The number of benzene rings is 2. The number of nitrogens with one attached hydrogen (secondary N) is 1. The summed E-state index contributed by atoms with van der Waals surface area (Å²) in [5, 5.41) is 21.6. The number of phenols is 1. The highest BCUT2D eigenvalue weighted by Gasteiger charge is 2.24. The van der Waals surface area contributed by atoms with E-state index in [4.69, 9.17) is 24.1 Å². The molecule has 0 saturated heterocycles. The number of phenolic OH excluding ortho intramolecular Hbond substituents is 1. The maximum Gasteiger partial charge on any atom is 0.412 e. The van der Waals surface area contributed by atoms with Gasteiger partial charge in [0.25, 0.3) is 0 Å². The predicted molar refractivity (Wildman–Crippen MR) is 106 cm³/mol. The van der Waals surface area contributed by atoms with E-state index in [-0.39, 0.29) is 18.3 Å². The highest BCUT2D eigenvalue weighted by molar-refractivity contribution is 5.85. The summed E-state index contributed by atoms with van der Waals surface area (Å²) >= 11 is 0. The van der Waals surface area contributed by atoms with Crippen LogP contribution in [0.1, 0.15) is 18.6 Å². The molecule has 1 aliphatic heterocycles. The van der Waals surface area contributed by atoms with E-state index in [9.17, 15) is 14.7 Å². The Kier molecular flexibility index (Phi) is 6.31. The van der Waals surface area contributed by atoms with Crippen LogP contribution in [0.15, 0.2) is 48.6 Å². The largest absolute Gasteiger partial charge is 0.504 e. The van der Waals surface area contributed by atoms with Crippen LogP contribution >= 0.6 is 0 Å². The fourth-order valence-corrected chi connectivity index (χ4v) is 2.93. The lowest BCUT2D eigenvalue weighted by atomic mass is 9.96. The molecule has 1 heterocycles. The lowest BCUT2D eigenvalue weighted by Crippen LogP contribution is -2.21. The van der Waals surface area contributed by atoms with Crippen LogP contribution in [0.4, 0.5) is 10.5 Å². The quantitative estimate of drug-likeness (QED) is 0.585. The van der Waals surface area contributed by atoms with Crippen molar-refractivity contribution >= 4 is 17.7 Å². The molecule has 2 aromatic rings. The minimum Gasteiger partial charge on any atom is -0.504 e. The molecule has 0 aromatic heterocycles. The Morgan fingerprint density at radius 2 is 1.93 bits per heavy atom. The van der Waals surface area contributed by atoms with Crippen molar-refractivity contribution in [3.8, 4) is 23.0 Å². The van der Waals surface area contributed by atoms with Gasteiger partial charge in [-0.2, -0.15) is 0 Å². The Morgan fingerprint density at radius 1 is 1.17 bits per heavy atom. The molecule has 0 unspecified atom stereocenters. The number of rotatable bonds is 7. The van der Waals surface area contributed by atoms with Gasteiger partial charge < -0.3 is 29.2 Å². The Morgan fingerprint density at radius 3 is 2.63 bits per heavy atom. The maximum absolute atomic E-state index is 12.5. The molecule has 1 aliphatic rings. The van der Waals surface area contributed by atoms with Gasteiger partial charge in [0.1, 0.15) is 6.10 Å². The second kappa shape index (κ2) is 9.08. The van der Waals surface area contributed by atoms with Crippen molar-refractivity contribution in [2.45, 2.75) is 13.0 Å². The first-order valence-electron chi connectivity index (χ1n) is 9.02. The molecule has 0 bridgehead atoms. The minimum atomic E-state index is -1.12. The maximum atomic E-state index is 12.5. The van der Waals surface area contributed by atoms with E-state index >= 15 is 0 Å². The van der Waals surface area contributed by atoms with E-state index < -0.39 is 24.1 Å². The standard InChI is InChI=1S/C21H21NO8/c1-12(3-8-19(24)25)20(13-4-6-16(27-2)15(23)9-13)30-21(26)22-14-5-7-17-18(10-14)29-11-28-17/h3-10,12,20,23H,11H2,1-2H3,(H,22,26)(H,24,25)/b8-3+/t12-,20+/m1/s1. The minimum absolute atomic E-state index is 0.111. The van der Waals surface area contributed by atoms with Crippen LogP contribution in [0.25, 0.3) is 0 Å². The Labute approximate surface area is 172 Å². The van der Waals surface area contributed by atoms with E-state index in [0.29, 0.717) is 22.7 Å². The zero-order valence-corrected chi connectivity index (χ0v) is 16.3. The van der Waals surface area contributed by atoms with Gasteiger partial charge in [-0.1, -0.05) is 19.1 Å². The summed E-state index contributed by atoms with van der Waals surface area (Å²) in [4.78, 5) is 23.4. The monoisotopic (exact) mass is 415 g/mol. The molecule has 0 spiro atoms. The molecule has 0 aliphatic carbocycles. The Balaban J connectivity index is 1.79. The molecule has 158 valence electrons. The van der Waals surface area contributed by atoms with E-state index in [0.717, 1.165) is 6.08 Å². The number of fused-ring (bicyclic) bond motifs is 1. The second-order valence-corrected chi connectivity index (χ2v) is 6.51. The summed E-state index contributed by atoms with van der Waals surface area (Å²) in [7, 11) is 1.42. The number of carboxylic acid groups (broad SMARTS) is 1. The first kappa shape index (κ1) is 20.8. The predicted octanol–water partition coefficient (Wildman–Crippen LogP) is 3.70.